The van der Waals surface area contributed by atoms with Crippen molar-refractivity contribution < 1.29 is 23.8 Å². The number of carboxylic acids is 1. The number of fused-ring (bicyclic) bond motifs is 2. The molecule has 0 saturated heterocycles. The fourth-order valence-electron chi connectivity index (χ4n) is 4.08. The molecule has 2 aromatic heterocycles. The van der Waals surface area contributed by atoms with Gasteiger partial charge in [0.1, 0.15) is 17.1 Å². The van der Waals surface area contributed by atoms with Crippen molar-refractivity contribution >= 4 is 39.7 Å². The van der Waals surface area contributed by atoms with E-state index in [2.05, 4.69) is 5.10 Å². The number of rotatable bonds is 8. The van der Waals surface area contributed by atoms with Crippen LogP contribution in [0.1, 0.15) is 12.5 Å². The molecule has 0 aliphatic rings. The van der Waals surface area contributed by atoms with Crippen LogP contribution in [0.4, 0.5) is 5.69 Å². The number of methoxy groups -OCH3 is 1. The minimum atomic E-state index is -1.11. The Morgan fingerprint density at radius 2 is 1.87 bits per heavy atom. The molecule has 39 heavy (non-hydrogen) atoms. The smallest absolute Gasteiger partial charge is 0.344 e. The zero-order valence-corrected chi connectivity index (χ0v) is 21.8. The number of nitrogens with zero attached hydrogens (tertiary/aromatic N) is 4. The molecule has 5 aromatic rings. The van der Waals surface area contributed by atoms with Crippen LogP contribution in [0, 0.1) is 0 Å². The van der Waals surface area contributed by atoms with Crippen molar-refractivity contribution in [1.29, 1.82) is 0 Å². The van der Waals surface area contributed by atoms with Crippen molar-refractivity contribution in [3.8, 4) is 23.1 Å². The van der Waals surface area contributed by atoms with E-state index in [1.54, 1.807) is 55.6 Å². The largest absolute Gasteiger partial charge is 0.496 e. The Balaban J connectivity index is 1.68. The first-order chi connectivity index (χ1) is 18.8. The van der Waals surface area contributed by atoms with Crippen LogP contribution in [0.2, 0.25) is 0 Å². The molecule has 0 bridgehead atoms. The molecule has 0 unspecified atom stereocenters. The molecule has 10 nitrogen and oxygen atoms in total. The summed E-state index contributed by atoms with van der Waals surface area (Å²) in [5.41, 5.74) is 1.95. The van der Waals surface area contributed by atoms with E-state index >= 15 is 0 Å². The molecule has 0 spiro atoms. The Morgan fingerprint density at radius 1 is 1.08 bits per heavy atom. The van der Waals surface area contributed by atoms with Crippen LogP contribution >= 0.6 is 0 Å². The predicted octanol–water partition coefficient (Wildman–Crippen LogP) is 4.62. The van der Waals surface area contributed by atoms with Crippen LogP contribution < -0.4 is 19.9 Å². The zero-order valence-electron chi connectivity index (χ0n) is 21.8. The number of carbonyl (C=O) groups is 1. The summed E-state index contributed by atoms with van der Waals surface area (Å²) in [5.74, 6) is 0.339. The Morgan fingerprint density at radius 3 is 2.62 bits per heavy atom. The molecule has 0 saturated carbocycles. The number of aromatic nitrogens is 2. The van der Waals surface area contributed by atoms with E-state index in [4.69, 9.17) is 18.9 Å². The second-order valence-electron chi connectivity index (χ2n) is 9.01. The van der Waals surface area contributed by atoms with E-state index in [-0.39, 0.29) is 5.82 Å². The van der Waals surface area contributed by atoms with Gasteiger partial charge in [0.25, 0.3) is 5.56 Å². The van der Waals surface area contributed by atoms with E-state index < -0.39 is 17.6 Å². The quantitative estimate of drug-likeness (QED) is 0.291. The van der Waals surface area contributed by atoms with E-state index in [9.17, 15) is 14.7 Å². The molecule has 0 fully saturated rings. The summed E-state index contributed by atoms with van der Waals surface area (Å²) in [5, 5.41) is 15.0. The number of hydrogen-bond acceptors (Lipinski definition) is 8. The fraction of sp³-hybridized carbons (Fsp3) is 0.172. The first-order valence-corrected chi connectivity index (χ1v) is 12.1. The highest BCUT2D eigenvalue weighted by Gasteiger charge is 2.19. The predicted molar refractivity (Wildman–Crippen MR) is 149 cm³/mol. The van der Waals surface area contributed by atoms with E-state index in [0.717, 1.165) is 15.7 Å². The molecule has 3 aromatic carbocycles. The van der Waals surface area contributed by atoms with Gasteiger partial charge >= 0.3 is 5.97 Å². The molecule has 198 valence electrons. The van der Waals surface area contributed by atoms with E-state index in [1.807, 2.05) is 37.2 Å². The summed E-state index contributed by atoms with van der Waals surface area (Å²) < 4.78 is 18.4. The second-order valence-corrected chi connectivity index (χ2v) is 9.01. The number of anilines is 1. The molecule has 0 radical (unpaired) electrons. The van der Waals surface area contributed by atoms with Gasteiger partial charge in [0.15, 0.2) is 11.9 Å². The molecule has 0 aliphatic heterocycles. The van der Waals surface area contributed by atoms with Crippen molar-refractivity contribution in [3.05, 3.63) is 82.6 Å². The van der Waals surface area contributed by atoms with Gasteiger partial charge in [0.05, 0.1) is 29.6 Å². The van der Waals surface area contributed by atoms with Gasteiger partial charge in [0, 0.05) is 31.4 Å². The number of carboxylic acid groups (broad SMARTS) is 1. The lowest BCUT2D eigenvalue weighted by Crippen LogP contribution is -2.24. The van der Waals surface area contributed by atoms with Gasteiger partial charge in [-0.25, -0.2) is 9.78 Å². The van der Waals surface area contributed by atoms with Crippen molar-refractivity contribution in [1.82, 2.24) is 9.66 Å². The summed E-state index contributed by atoms with van der Waals surface area (Å²) in [4.78, 5) is 31.6. The van der Waals surface area contributed by atoms with Crippen molar-refractivity contribution in [2.45, 2.75) is 13.0 Å². The van der Waals surface area contributed by atoms with Crippen LogP contribution in [0.5, 0.6) is 11.5 Å². The first-order valence-electron chi connectivity index (χ1n) is 12.1. The third-order valence-corrected chi connectivity index (χ3v) is 6.19. The molecule has 0 amide bonds. The number of para-hydroxylation sites is 1. The molecular formula is C29H26N4O6. The topological polar surface area (TPSA) is 119 Å². The highest BCUT2D eigenvalue weighted by Crippen LogP contribution is 2.33. The zero-order chi connectivity index (χ0) is 27.7. The number of ether oxygens (including phenoxy) is 2. The van der Waals surface area contributed by atoms with Gasteiger partial charge in [-0.1, -0.05) is 18.2 Å². The molecule has 1 N–H and O–H groups in total. The van der Waals surface area contributed by atoms with Gasteiger partial charge in [0.2, 0.25) is 5.82 Å². The standard InChI is InChI=1S/C29H26N4O6/c1-17(29(35)36)38-25-14-19(32(2)3)13-12-18(25)16-30-33-27(31-22-9-6-5-8-20(22)28(33)34)26-15-21-23(37-4)10-7-11-24(21)39-26/h5-17H,1-4H3,(H,35,36)/t17-/m1/s1. The highest BCUT2D eigenvalue weighted by atomic mass is 16.5. The van der Waals surface area contributed by atoms with E-state index in [0.29, 0.717) is 39.3 Å². The normalized spacial score (nSPS) is 12.2. The Bertz CT molecular complexity index is 1790. The summed E-state index contributed by atoms with van der Waals surface area (Å²) in [7, 11) is 5.30. The minimum Gasteiger partial charge on any atom is -0.496 e. The van der Waals surface area contributed by atoms with Crippen LogP contribution in [-0.2, 0) is 4.79 Å². The molecule has 0 aliphatic carbocycles. The third-order valence-electron chi connectivity index (χ3n) is 6.19. The highest BCUT2D eigenvalue weighted by molar-refractivity contribution is 5.89. The van der Waals surface area contributed by atoms with Gasteiger partial charge in [-0.3, -0.25) is 4.79 Å². The van der Waals surface area contributed by atoms with Crippen LogP contribution in [0.3, 0.4) is 0 Å². The number of benzene rings is 3. The maximum atomic E-state index is 13.6. The van der Waals surface area contributed by atoms with Gasteiger partial charge in [-0.05, 0) is 49.4 Å². The van der Waals surface area contributed by atoms with Gasteiger partial charge in [-0.15, -0.1) is 0 Å². The van der Waals surface area contributed by atoms with Gasteiger partial charge in [-0.2, -0.15) is 9.78 Å². The SMILES string of the molecule is COc1cccc2oc(-c3nc4ccccc4c(=O)n3N=Cc3ccc(N(C)C)cc3O[C@H](C)C(=O)O)cc12. The number of aliphatic carboxylic acids is 1. The number of furan rings is 1. The maximum Gasteiger partial charge on any atom is 0.344 e. The molecule has 2 heterocycles. The maximum absolute atomic E-state index is 13.6. The Labute approximate surface area is 223 Å². The lowest BCUT2D eigenvalue weighted by atomic mass is 10.2. The second kappa shape index (κ2) is 10.3. The van der Waals surface area contributed by atoms with Crippen LogP contribution in [-0.4, -0.2) is 54.3 Å². The first kappa shape index (κ1) is 25.5. The third kappa shape index (κ3) is 4.91. The fourth-order valence-corrected chi connectivity index (χ4v) is 4.08. The Kier molecular flexibility index (Phi) is 6.76. The lowest BCUT2D eigenvalue weighted by Gasteiger charge is -2.17. The number of hydrogen-bond donors (Lipinski definition) is 1. The molecule has 5 rings (SSSR count). The summed E-state index contributed by atoms with van der Waals surface area (Å²) in [6.45, 7) is 1.44. The summed E-state index contributed by atoms with van der Waals surface area (Å²) in [6.07, 6.45) is 0.342. The average Bonchev–Trinajstić information content (AvgIpc) is 3.37. The van der Waals surface area contributed by atoms with Crippen molar-refractivity contribution in [3.63, 3.8) is 0 Å². The van der Waals surface area contributed by atoms with Crippen molar-refractivity contribution in [2.75, 3.05) is 26.1 Å². The van der Waals surface area contributed by atoms with Crippen LogP contribution in [0.25, 0.3) is 33.5 Å². The van der Waals surface area contributed by atoms with E-state index in [1.165, 1.54) is 13.1 Å². The average molecular weight is 527 g/mol. The molecular weight excluding hydrogens is 500 g/mol. The molecule has 10 heteroatoms. The monoisotopic (exact) mass is 526 g/mol. The van der Waals surface area contributed by atoms with Gasteiger partial charge < -0.3 is 23.9 Å². The molecule has 1 atom stereocenters. The van der Waals surface area contributed by atoms with Crippen LogP contribution in [0.15, 0.2) is 81.0 Å². The Hall–Kier alpha value is -5.12. The summed E-state index contributed by atoms with van der Waals surface area (Å²) >= 11 is 0. The van der Waals surface area contributed by atoms with Crippen molar-refractivity contribution in [2.24, 2.45) is 5.10 Å². The summed E-state index contributed by atoms with van der Waals surface area (Å²) in [6, 6.07) is 19.5. The minimum absolute atomic E-state index is 0.194. The lowest BCUT2D eigenvalue weighted by molar-refractivity contribution is -0.144.